The lowest BCUT2D eigenvalue weighted by Gasteiger charge is -2.17. The first-order valence-corrected chi connectivity index (χ1v) is 5.66. The fourth-order valence-electron chi connectivity index (χ4n) is 1.65. The van der Waals surface area contributed by atoms with Crippen LogP contribution in [0.15, 0.2) is 12.1 Å². The van der Waals surface area contributed by atoms with Crippen LogP contribution in [-0.4, -0.2) is 18.2 Å². The zero-order valence-electron chi connectivity index (χ0n) is 10.3. The van der Waals surface area contributed by atoms with Crippen molar-refractivity contribution in [1.82, 2.24) is 10.4 Å². The van der Waals surface area contributed by atoms with Gasteiger partial charge in [-0.1, -0.05) is 6.92 Å². The van der Waals surface area contributed by atoms with Crippen LogP contribution in [0.1, 0.15) is 36.3 Å². The van der Waals surface area contributed by atoms with Crippen molar-refractivity contribution in [3.63, 3.8) is 0 Å². The molecule has 1 heterocycles. The number of hydrogen-bond acceptors (Lipinski definition) is 4. The van der Waals surface area contributed by atoms with Crippen LogP contribution in [0, 0.1) is 13.8 Å². The molecule has 0 aromatic carbocycles. The third kappa shape index (κ3) is 3.89. The van der Waals surface area contributed by atoms with Gasteiger partial charge in [0.15, 0.2) is 0 Å². The van der Waals surface area contributed by atoms with Crippen LogP contribution >= 0.6 is 0 Å². The Bertz CT molecular complexity index is 308. The summed E-state index contributed by atoms with van der Waals surface area (Å²) in [6.07, 6.45) is 1.02. The lowest BCUT2D eigenvalue weighted by Crippen LogP contribution is -2.31. The van der Waals surface area contributed by atoms with E-state index in [0.29, 0.717) is 6.61 Å². The molecule has 1 aromatic rings. The van der Waals surface area contributed by atoms with Crippen molar-refractivity contribution in [2.75, 3.05) is 13.2 Å². The lowest BCUT2D eigenvalue weighted by molar-refractivity contribution is 0.112. The summed E-state index contributed by atoms with van der Waals surface area (Å²) in [5, 5.41) is 0. The molecule has 3 N–H and O–H groups in total. The number of nitrogens with two attached hydrogens (primary N) is 1. The van der Waals surface area contributed by atoms with Crippen molar-refractivity contribution in [3.05, 3.63) is 29.1 Å². The standard InChI is InChI=1S/C12H21N3O/c1-4-5-16-8-12(15-13)11-6-9(2)14-10(3)7-11/h6-7,12,15H,4-5,8,13H2,1-3H3. The highest BCUT2D eigenvalue weighted by molar-refractivity contribution is 5.23. The molecule has 0 amide bonds. The predicted octanol–water partition coefficient (Wildman–Crippen LogP) is 1.63. The first-order valence-electron chi connectivity index (χ1n) is 5.66. The summed E-state index contributed by atoms with van der Waals surface area (Å²) in [6.45, 7) is 7.41. The number of rotatable bonds is 6. The third-order valence-corrected chi connectivity index (χ3v) is 2.34. The molecule has 0 saturated heterocycles. The second-order valence-corrected chi connectivity index (χ2v) is 3.98. The number of nitrogens with one attached hydrogen (secondary N) is 1. The molecule has 0 aliphatic rings. The van der Waals surface area contributed by atoms with Crippen LogP contribution in [0.5, 0.6) is 0 Å². The molecule has 1 rings (SSSR count). The molecule has 0 fully saturated rings. The van der Waals surface area contributed by atoms with E-state index in [1.807, 2.05) is 26.0 Å². The molecular weight excluding hydrogens is 202 g/mol. The Morgan fingerprint density at radius 1 is 1.38 bits per heavy atom. The van der Waals surface area contributed by atoms with E-state index in [1.165, 1.54) is 0 Å². The summed E-state index contributed by atoms with van der Waals surface area (Å²) in [6, 6.07) is 4.10. The van der Waals surface area contributed by atoms with Gasteiger partial charge in [-0.25, -0.2) is 0 Å². The summed E-state index contributed by atoms with van der Waals surface area (Å²) >= 11 is 0. The molecule has 1 aromatic heterocycles. The van der Waals surface area contributed by atoms with Crippen LogP contribution in [0.4, 0.5) is 0 Å². The molecule has 4 nitrogen and oxygen atoms in total. The SMILES string of the molecule is CCCOCC(NN)c1cc(C)nc(C)c1. The molecule has 90 valence electrons. The van der Waals surface area contributed by atoms with Crippen LogP contribution in [-0.2, 0) is 4.74 Å². The summed E-state index contributed by atoms with van der Waals surface area (Å²) in [5.41, 5.74) is 5.92. The predicted molar refractivity (Wildman–Crippen MR) is 64.9 cm³/mol. The van der Waals surface area contributed by atoms with Crippen molar-refractivity contribution in [2.45, 2.75) is 33.2 Å². The zero-order chi connectivity index (χ0) is 12.0. The summed E-state index contributed by atoms with van der Waals surface area (Å²) in [4.78, 5) is 4.34. The molecule has 16 heavy (non-hydrogen) atoms. The number of ether oxygens (including phenoxy) is 1. The lowest BCUT2D eigenvalue weighted by atomic mass is 10.1. The van der Waals surface area contributed by atoms with E-state index in [4.69, 9.17) is 10.6 Å². The normalized spacial score (nSPS) is 12.8. The monoisotopic (exact) mass is 223 g/mol. The van der Waals surface area contributed by atoms with Gasteiger partial charge in [0.05, 0.1) is 12.6 Å². The molecule has 0 radical (unpaired) electrons. The maximum Gasteiger partial charge on any atom is 0.0695 e. The number of aromatic nitrogens is 1. The maximum atomic E-state index is 5.54. The van der Waals surface area contributed by atoms with Crippen molar-refractivity contribution < 1.29 is 4.74 Å². The summed E-state index contributed by atoms with van der Waals surface area (Å²) in [5.74, 6) is 5.54. The molecule has 4 heteroatoms. The van der Waals surface area contributed by atoms with Gasteiger partial charge in [-0.3, -0.25) is 16.3 Å². The first kappa shape index (κ1) is 13.1. The molecule has 1 unspecified atom stereocenters. The Hall–Kier alpha value is -0.970. The number of hydrazine groups is 1. The van der Waals surface area contributed by atoms with Crippen molar-refractivity contribution in [1.29, 1.82) is 0 Å². The molecular formula is C12H21N3O. The van der Waals surface area contributed by atoms with Crippen LogP contribution in [0.3, 0.4) is 0 Å². The number of hydrogen-bond donors (Lipinski definition) is 2. The zero-order valence-corrected chi connectivity index (χ0v) is 10.3. The van der Waals surface area contributed by atoms with Gasteiger partial charge in [0.1, 0.15) is 0 Å². The van der Waals surface area contributed by atoms with Gasteiger partial charge in [-0.05, 0) is 38.0 Å². The smallest absolute Gasteiger partial charge is 0.0695 e. The van der Waals surface area contributed by atoms with Gasteiger partial charge in [0.25, 0.3) is 0 Å². The van der Waals surface area contributed by atoms with E-state index < -0.39 is 0 Å². The fraction of sp³-hybridized carbons (Fsp3) is 0.583. The quantitative estimate of drug-likeness (QED) is 0.437. The van der Waals surface area contributed by atoms with Gasteiger partial charge in [0.2, 0.25) is 0 Å². The van der Waals surface area contributed by atoms with Crippen molar-refractivity contribution in [3.8, 4) is 0 Å². The molecule has 0 spiro atoms. The third-order valence-electron chi connectivity index (χ3n) is 2.34. The largest absolute Gasteiger partial charge is 0.379 e. The Morgan fingerprint density at radius 3 is 2.50 bits per heavy atom. The van der Waals surface area contributed by atoms with E-state index >= 15 is 0 Å². The van der Waals surface area contributed by atoms with E-state index in [2.05, 4.69) is 17.3 Å². The van der Waals surface area contributed by atoms with Gasteiger partial charge in [0, 0.05) is 18.0 Å². The van der Waals surface area contributed by atoms with Gasteiger partial charge in [-0.15, -0.1) is 0 Å². The summed E-state index contributed by atoms with van der Waals surface area (Å²) < 4.78 is 5.51. The Kier molecular flexibility index (Phi) is 5.38. The van der Waals surface area contributed by atoms with Crippen molar-refractivity contribution >= 4 is 0 Å². The minimum absolute atomic E-state index is 0.0342. The topological polar surface area (TPSA) is 60.2 Å². The Morgan fingerprint density at radius 2 is 2.00 bits per heavy atom. The summed E-state index contributed by atoms with van der Waals surface area (Å²) in [7, 11) is 0. The van der Waals surface area contributed by atoms with Gasteiger partial charge >= 0.3 is 0 Å². The van der Waals surface area contributed by atoms with E-state index in [1.54, 1.807) is 0 Å². The highest BCUT2D eigenvalue weighted by Gasteiger charge is 2.10. The maximum absolute atomic E-state index is 5.54. The molecule has 0 aliphatic carbocycles. The second-order valence-electron chi connectivity index (χ2n) is 3.98. The highest BCUT2D eigenvalue weighted by atomic mass is 16.5. The highest BCUT2D eigenvalue weighted by Crippen LogP contribution is 2.14. The number of nitrogens with zero attached hydrogens (tertiary/aromatic N) is 1. The van der Waals surface area contributed by atoms with Crippen LogP contribution in [0.25, 0.3) is 0 Å². The fourth-order valence-corrected chi connectivity index (χ4v) is 1.65. The Labute approximate surface area is 97.2 Å². The first-order chi connectivity index (χ1) is 7.67. The van der Waals surface area contributed by atoms with Gasteiger partial charge in [-0.2, -0.15) is 0 Å². The second kappa shape index (κ2) is 6.58. The average molecular weight is 223 g/mol. The van der Waals surface area contributed by atoms with Crippen LogP contribution < -0.4 is 11.3 Å². The van der Waals surface area contributed by atoms with Crippen molar-refractivity contribution in [2.24, 2.45) is 5.84 Å². The van der Waals surface area contributed by atoms with Crippen LogP contribution in [0.2, 0.25) is 0 Å². The van der Waals surface area contributed by atoms with Gasteiger partial charge < -0.3 is 4.74 Å². The number of pyridine rings is 1. The van der Waals surface area contributed by atoms with E-state index in [-0.39, 0.29) is 6.04 Å². The minimum Gasteiger partial charge on any atom is -0.379 e. The average Bonchev–Trinajstić information content (AvgIpc) is 2.23. The minimum atomic E-state index is 0.0342. The number of aryl methyl sites for hydroxylation is 2. The van der Waals surface area contributed by atoms with E-state index in [0.717, 1.165) is 30.0 Å². The molecule has 1 atom stereocenters. The Balaban J connectivity index is 2.70. The molecule has 0 aliphatic heterocycles. The van der Waals surface area contributed by atoms with E-state index in [9.17, 15) is 0 Å². The molecule has 0 saturated carbocycles. The molecule has 0 bridgehead atoms.